The summed E-state index contributed by atoms with van der Waals surface area (Å²) in [6, 6.07) is 15.3. The number of hydrogen-bond donors (Lipinski definition) is 0. The first kappa shape index (κ1) is 17.0. The summed E-state index contributed by atoms with van der Waals surface area (Å²) in [5, 5.41) is 0. The van der Waals surface area contributed by atoms with E-state index in [0.717, 1.165) is 33.4 Å². The van der Waals surface area contributed by atoms with Crippen molar-refractivity contribution < 1.29 is 8.42 Å². The molecule has 0 aliphatic heterocycles. The van der Waals surface area contributed by atoms with Crippen LogP contribution in [-0.2, 0) is 33.1 Å². The summed E-state index contributed by atoms with van der Waals surface area (Å²) in [6.07, 6.45) is 3.34. The van der Waals surface area contributed by atoms with Crippen LogP contribution in [0, 0.1) is 0 Å². The Morgan fingerprint density at radius 3 is 1.54 bits per heavy atom. The minimum Gasteiger partial charge on any atom is -0.289 e. The van der Waals surface area contributed by atoms with Gasteiger partial charge in [-0.1, -0.05) is 48.5 Å². The van der Waals surface area contributed by atoms with Crippen molar-refractivity contribution in [2.24, 2.45) is 0 Å². The van der Waals surface area contributed by atoms with Crippen LogP contribution in [0.5, 0.6) is 0 Å². The van der Waals surface area contributed by atoms with Crippen molar-refractivity contribution in [3.8, 4) is 22.3 Å². The molecule has 3 aromatic carbocycles. The molecule has 124 valence electrons. The van der Waals surface area contributed by atoms with Gasteiger partial charge in [0, 0.05) is 56.7 Å². The predicted octanol–water partition coefficient (Wildman–Crippen LogP) is 3.01. The highest BCUT2D eigenvalue weighted by atomic mass is 32.2. The van der Waals surface area contributed by atoms with E-state index in [-0.39, 0.29) is 5.43 Å². The number of hydrogen-bond acceptors (Lipinski definition) is 3. The van der Waals surface area contributed by atoms with Gasteiger partial charge in [0.05, 0.1) is 0 Å². The predicted molar refractivity (Wildman–Crippen MR) is 101 cm³/mol. The van der Waals surface area contributed by atoms with Crippen molar-refractivity contribution in [2.45, 2.75) is 11.5 Å². The van der Waals surface area contributed by atoms with Gasteiger partial charge in [-0.05, 0) is 22.3 Å². The van der Waals surface area contributed by atoms with Gasteiger partial charge in [0.25, 0.3) is 0 Å². The molecule has 2 atom stereocenters. The first-order chi connectivity index (χ1) is 11.5. The second-order valence-corrected chi connectivity index (χ2v) is 8.79. The lowest BCUT2D eigenvalue weighted by molar-refractivity contribution is 0.685. The lowest BCUT2D eigenvalue weighted by Crippen LogP contribution is -1.92. The van der Waals surface area contributed by atoms with Gasteiger partial charge in [0.1, 0.15) is 0 Å². The summed E-state index contributed by atoms with van der Waals surface area (Å²) in [4.78, 5) is 12.3. The van der Waals surface area contributed by atoms with Crippen molar-refractivity contribution in [3.63, 3.8) is 0 Å². The fourth-order valence-corrected chi connectivity index (χ4v) is 4.12. The fraction of sp³-hybridized carbons (Fsp3) is 0.211. The molecular formula is C19H18O3S2. The van der Waals surface area contributed by atoms with E-state index in [9.17, 15) is 13.2 Å². The second-order valence-electron chi connectivity index (χ2n) is 5.91. The van der Waals surface area contributed by atoms with Crippen molar-refractivity contribution in [3.05, 3.63) is 69.9 Å². The Labute approximate surface area is 146 Å². The fourth-order valence-electron chi connectivity index (χ4n) is 2.82. The van der Waals surface area contributed by atoms with E-state index in [1.807, 2.05) is 48.5 Å². The molecule has 0 aromatic heterocycles. The molecule has 2 unspecified atom stereocenters. The van der Waals surface area contributed by atoms with E-state index in [1.54, 1.807) is 12.5 Å². The molecule has 0 bridgehead atoms. The Morgan fingerprint density at radius 2 is 1.17 bits per heavy atom. The maximum absolute atomic E-state index is 12.3. The van der Waals surface area contributed by atoms with Crippen LogP contribution in [0.1, 0.15) is 11.1 Å². The highest BCUT2D eigenvalue weighted by Crippen LogP contribution is 2.35. The highest BCUT2D eigenvalue weighted by Gasteiger charge is 2.25. The van der Waals surface area contributed by atoms with E-state index in [4.69, 9.17) is 0 Å². The average Bonchev–Trinajstić information content (AvgIpc) is 3.18. The Hall–Kier alpha value is -1.85. The quantitative estimate of drug-likeness (QED) is 0.681. The Morgan fingerprint density at radius 1 is 0.750 bits per heavy atom. The lowest BCUT2D eigenvalue weighted by Gasteiger charge is -2.02. The summed E-state index contributed by atoms with van der Waals surface area (Å²) >= 11 is 0. The summed E-state index contributed by atoms with van der Waals surface area (Å²) in [7, 11) is -1.82. The van der Waals surface area contributed by atoms with Crippen molar-refractivity contribution in [1.82, 2.24) is 0 Å². The van der Waals surface area contributed by atoms with Crippen LogP contribution in [-0.4, -0.2) is 20.9 Å². The molecule has 24 heavy (non-hydrogen) atoms. The maximum Gasteiger partial charge on any atom is 0.195 e. The van der Waals surface area contributed by atoms with Gasteiger partial charge >= 0.3 is 0 Å². The third-order valence-corrected chi connectivity index (χ3v) is 5.29. The van der Waals surface area contributed by atoms with Gasteiger partial charge in [0.2, 0.25) is 0 Å². The van der Waals surface area contributed by atoms with Crippen LogP contribution in [0.15, 0.2) is 53.3 Å². The minimum atomic E-state index is -0.910. The Bertz CT molecular complexity index is 875. The first-order valence-corrected chi connectivity index (χ1v) is 11.0. The van der Waals surface area contributed by atoms with Crippen LogP contribution in [0.25, 0.3) is 22.3 Å². The van der Waals surface area contributed by atoms with Crippen molar-refractivity contribution in [2.75, 3.05) is 12.5 Å². The van der Waals surface area contributed by atoms with Gasteiger partial charge in [-0.2, -0.15) is 0 Å². The van der Waals surface area contributed by atoms with E-state index < -0.39 is 21.6 Å². The van der Waals surface area contributed by atoms with Crippen LogP contribution in [0.4, 0.5) is 0 Å². The van der Waals surface area contributed by atoms with E-state index in [0.29, 0.717) is 11.5 Å². The molecule has 3 aromatic rings. The summed E-state index contributed by atoms with van der Waals surface area (Å²) in [6.45, 7) is 0. The van der Waals surface area contributed by atoms with Gasteiger partial charge < -0.3 is 0 Å². The van der Waals surface area contributed by atoms with E-state index in [1.165, 1.54) is 0 Å². The molecule has 0 aliphatic rings. The minimum absolute atomic E-state index is 0.0551. The summed E-state index contributed by atoms with van der Waals surface area (Å²) in [5.41, 5.74) is 5.21. The molecular weight excluding hydrogens is 340 g/mol. The number of benzene rings is 2. The zero-order chi connectivity index (χ0) is 17.3. The van der Waals surface area contributed by atoms with Gasteiger partial charge in [-0.25, -0.2) is 0 Å². The van der Waals surface area contributed by atoms with E-state index >= 15 is 0 Å². The average molecular weight is 358 g/mol. The molecule has 3 rings (SSSR count). The number of rotatable bonds is 6. The SMILES string of the molecule is CS(=O)Cc1cccc(-c2c(-c3cccc(CS(C)=O)c3)c2=O)c1. The summed E-state index contributed by atoms with van der Waals surface area (Å²) < 4.78 is 22.8. The highest BCUT2D eigenvalue weighted by molar-refractivity contribution is 7.83. The summed E-state index contributed by atoms with van der Waals surface area (Å²) in [5.74, 6) is 0.977. The molecule has 0 saturated carbocycles. The molecule has 0 heterocycles. The maximum atomic E-state index is 12.3. The van der Waals surface area contributed by atoms with E-state index in [2.05, 4.69) is 0 Å². The van der Waals surface area contributed by atoms with Crippen LogP contribution < -0.4 is 5.43 Å². The van der Waals surface area contributed by atoms with Crippen LogP contribution >= 0.6 is 0 Å². The van der Waals surface area contributed by atoms with Gasteiger partial charge in [0.15, 0.2) is 5.43 Å². The molecule has 0 fully saturated rings. The second kappa shape index (κ2) is 6.95. The molecule has 0 amide bonds. The lowest BCUT2D eigenvalue weighted by atomic mass is 10.1. The van der Waals surface area contributed by atoms with Crippen LogP contribution in [0.2, 0.25) is 0 Å². The zero-order valence-corrected chi connectivity index (χ0v) is 15.2. The van der Waals surface area contributed by atoms with Gasteiger partial charge in [-0.15, -0.1) is 0 Å². The Kier molecular flexibility index (Phi) is 4.92. The molecule has 0 N–H and O–H groups in total. The molecule has 5 heteroatoms. The molecule has 3 nitrogen and oxygen atoms in total. The standard InChI is InChI=1S/C19H18O3S2/c1-23(21)11-13-5-3-7-15(9-13)17-18(19(17)20)16-8-4-6-14(10-16)12-24(2)22/h3-10H,11-12H2,1-2H3. The molecule has 0 saturated heterocycles. The van der Waals surface area contributed by atoms with Crippen molar-refractivity contribution >= 4 is 21.6 Å². The monoisotopic (exact) mass is 358 g/mol. The third-order valence-electron chi connectivity index (χ3n) is 3.81. The Balaban J connectivity index is 1.92. The zero-order valence-electron chi connectivity index (χ0n) is 13.6. The molecule has 0 radical (unpaired) electrons. The van der Waals surface area contributed by atoms with Crippen molar-refractivity contribution in [1.29, 1.82) is 0 Å². The topological polar surface area (TPSA) is 51.2 Å². The molecule has 0 aliphatic carbocycles. The first-order valence-electron chi connectivity index (χ1n) is 7.53. The molecule has 0 spiro atoms. The van der Waals surface area contributed by atoms with Crippen LogP contribution in [0.3, 0.4) is 0 Å². The smallest absolute Gasteiger partial charge is 0.195 e. The largest absolute Gasteiger partial charge is 0.289 e. The van der Waals surface area contributed by atoms with Gasteiger partial charge in [-0.3, -0.25) is 13.2 Å². The normalized spacial score (nSPS) is 13.9. The third kappa shape index (κ3) is 3.79.